The van der Waals surface area contributed by atoms with Gasteiger partial charge in [-0.05, 0) is 34.1 Å². The molecule has 2 aromatic carbocycles. The van der Waals surface area contributed by atoms with Crippen LogP contribution in [-0.2, 0) is 0 Å². The molecule has 0 saturated heterocycles. The van der Waals surface area contributed by atoms with Crippen LogP contribution in [0.4, 0.5) is 0 Å². The third-order valence-corrected chi connectivity index (χ3v) is 3.62. The van der Waals surface area contributed by atoms with Crippen LogP contribution in [0.25, 0.3) is 10.8 Å². The van der Waals surface area contributed by atoms with Crippen molar-refractivity contribution in [2.45, 2.75) is 33.6 Å². The van der Waals surface area contributed by atoms with Crippen molar-refractivity contribution in [2.75, 3.05) is 0 Å². The number of benzene rings is 2. The summed E-state index contributed by atoms with van der Waals surface area (Å²) in [5, 5.41) is 2.78. The lowest BCUT2D eigenvalue weighted by Crippen LogP contribution is -2.13. The van der Waals surface area contributed by atoms with E-state index in [0.29, 0.717) is 17.8 Å². The minimum Gasteiger partial charge on any atom is -0.0622 e. The first-order chi connectivity index (χ1) is 8.11. The maximum Gasteiger partial charge on any atom is -0.0110 e. The first-order valence-electron chi connectivity index (χ1n) is 6.59. The molecule has 0 heteroatoms. The molecule has 0 saturated carbocycles. The zero-order valence-corrected chi connectivity index (χ0v) is 11.3. The van der Waals surface area contributed by atoms with Crippen LogP contribution < -0.4 is 0 Å². The van der Waals surface area contributed by atoms with Crippen LogP contribution in [0, 0.1) is 11.8 Å². The highest BCUT2D eigenvalue weighted by atomic mass is 14.2. The van der Waals surface area contributed by atoms with E-state index in [1.165, 1.54) is 16.3 Å². The van der Waals surface area contributed by atoms with E-state index in [1.54, 1.807) is 0 Å². The van der Waals surface area contributed by atoms with Gasteiger partial charge in [-0.1, -0.05) is 70.2 Å². The highest BCUT2D eigenvalue weighted by Gasteiger charge is 2.21. The molecule has 0 aliphatic heterocycles. The predicted molar refractivity (Wildman–Crippen MR) is 76.4 cm³/mol. The van der Waals surface area contributed by atoms with Crippen molar-refractivity contribution in [3.63, 3.8) is 0 Å². The quantitative estimate of drug-likeness (QED) is 0.671. The van der Waals surface area contributed by atoms with E-state index in [-0.39, 0.29) is 0 Å². The molecule has 0 bridgehead atoms. The number of hydrogen-bond acceptors (Lipinski definition) is 0. The molecule has 2 aromatic rings. The summed E-state index contributed by atoms with van der Waals surface area (Å²) < 4.78 is 0. The summed E-state index contributed by atoms with van der Waals surface area (Å²) in [5.41, 5.74) is 1.51. The molecule has 0 nitrogen and oxygen atoms in total. The summed E-state index contributed by atoms with van der Waals surface area (Å²) in [4.78, 5) is 0. The third-order valence-electron chi connectivity index (χ3n) is 3.62. The Balaban J connectivity index is 2.61. The van der Waals surface area contributed by atoms with Gasteiger partial charge in [0.1, 0.15) is 0 Å². The van der Waals surface area contributed by atoms with Crippen molar-refractivity contribution >= 4 is 10.8 Å². The molecule has 17 heavy (non-hydrogen) atoms. The number of rotatable bonds is 3. The Hall–Kier alpha value is -1.30. The molecule has 0 radical (unpaired) electrons. The number of hydrogen-bond donors (Lipinski definition) is 0. The molecular weight excluding hydrogens is 204 g/mol. The molecule has 2 rings (SSSR count). The normalized spacial score (nSPS) is 11.9. The molecule has 0 aliphatic carbocycles. The van der Waals surface area contributed by atoms with Crippen LogP contribution in [0.5, 0.6) is 0 Å². The van der Waals surface area contributed by atoms with Gasteiger partial charge in [-0.15, -0.1) is 0 Å². The second-order valence-electron chi connectivity index (χ2n) is 5.58. The average Bonchev–Trinajstić information content (AvgIpc) is 2.28. The smallest absolute Gasteiger partial charge is 0.0110 e. The Bertz CT molecular complexity index is 481. The van der Waals surface area contributed by atoms with Crippen LogP contribution in [0.2, 0.25) is 0 Å². The standard InChI is InChI=1S/C17H22/c1-12(2)17(13(3)4)16-11-7-9-14-8-5-6-10-15(14)16/h5-13,17H,1-4H3. The van der Waals surface area contributed by atoms with Crippen molar-refractivity contribution in [3.05, 3.63) is 48.0 Å². The molecular formula is C17H22. The first kappa shape index (κ1) is 12.2. The van der Waals surface area contributed by atoms with Gasteiger partial charge in [0.15, 0.2) is 0 Å². The van der Waals surface area contributed by atoms with E-state index in [9.17, 15) is 0 Å². The summed E-state index contributed by atoms with van der Waals surface area (Å²) >= 11 is 0. The van der Waals surface area contributed by atoms with E-state index >= 15 is 0 Å². The molecule has 0 fully saturated rings. The maximum absolute atomic E-state index is 2.33. The Morgan fingerprint density at radius 2 is 1.29 bits per heavy atom. The van der Waals surface area contributed by atoms with Crippen LogP contribution >= 0.6 is 0 Å². The van der Waals surface area contributed by atoms with Gasteiger partial charge in [-0.25, -0.2) is 0 Å². The average molecular weight is 226 g/mol. The Morgan fingerprint density at radius 3 is 1.94 bits per heavy atom. The highest BCUT2D eigenvalue weighted by Crippen LogP contribution is 2.35. The molecule has 0 heterocycles. The van der Waals surface area contributed by atoms with Gasteiger partial charge in [0, 0.05) is 0 Å². The second kappa shape index (κ2) is 4.91. The molecule has 0 aromatic heterocycles. The first-order valence-corrected chi connectivity index (χ1v) is 6.59. The fourth-order valence-electron chi connectivity index (χ4n) is 3.03. The lowest BCUT2D eigenvalue weighted by atomic mass is 9.78. The van der Waals surface area contributed by atoms with Crippen molar-refractivity contribution < 1.29 is 0 Å². The molecule has 0 unspecified atom stereocenters. The lowest BCUT2D eigenvalue weighted by Gasteiger charge is -2.26. The van der Waals surface area contributed by atoms with E-state index < -0.39 is 0 Å². The fourth-order valence-corrected chi connectivity index (χ4v) is 3.03. The lowest BCUT2D eigenvalue weighted by molar-refractivity contribution is 0.390. The van der Waals surface area contributed by atoms with Gasteiger partial charge >= 0.3 is 0 Å². The van der Waals surface area contributed by atoms with E-state index in [4.69, 9.17) is 0 Å². The van der Waals surface area contributed by atoms with Crippen molar-refractivity contribution in [1.29, 1.82) is 0 Å². The van der Waals surface area contributed by atoms with E-state index in [2.05, 4.69) is 70.2 Å². The Kier molecular flexibility index (Phi) is 3.51. The largest absolute Gasteiger partial charge is 0.0622 e. The molecule has 90 valence electrons. The minimum absolute atomic E-state index is 0.640. The molecule has 0 aliphatic rings. The molecule has 0 N–H and O–H groups in total. The van der Waals surface area contributed by atoms with Crippen LogP contribution in [0.3, 0.4) is 0 Å². The number of fused-ring (bicyclic) bond motifs is 1. The van der Waals surface area contributed by atoms with Crippen molar-refractivity contribution in [2.24, 2.45) is 11.8 Å². The summed E-state index contributed by atoms with van der Waals surface area (Å²) in [6.07, 6.45) is 0. The Labute approximate surface area is 105 Å². The van der Waals surface area contributed by atoms with Gasteiger partial charge in [0.25, 0.3) is 0 Å². The van der Waals surface area contributed by atoms with Gasteiger partial charge < -0.3 is 0 Å². The van der Waals surface area contributed by atoms with Gasteiger partial charge in [-0.3, -0.25) is 0 Å². The predicted octanol–water partition coefficient (Wildman–Crippen LogP) is 5.24. The molecule has 0 spiro atoms. The van der Waals surface area contributed by atoms with Crippen LogP contribution in [0.1, 0.15) is 39.2 Å². The highest BCUT2D eigenvalue weighted by molar-refractivity contribution is 5.86. The zero-order valence-electron chi connectivity index (χ0n) is 11.3. The van der Waals surface area contributed by atoms with Crippen LogP contribution in [0.15, 0.2) is 42.5 Å². The van der Waals surface area contributed by atoms with E-state index in [0.717, 1.165) is 0 Å². The topological polar surface area (TPSA) is 0 Å². The van der Waals surface area contributed by atoms with Crippen molar-refractivity contribution in [1.82, 2.24) is 0 Å². The monoisotopic (exact) mass is 226 g/mol. The van der Waals surface area contributed by atoms with Gasteiger partial charge in [-0.2, -0.15) is 0 Å². The van der Waals surface area contributed by atoms with Gasteiger partial charge in [0.2, 0.25) is 0 Å². The summed E-state index contributed by atoms with van der Waals surface area (Å²) in [7, 11) is 0. The van der Waals surface area contributed by atoms with E-state index in [1.807, 2.05) is 0 Å². The summed E-state index contributed by atoms with van der Waals surface area (Å²) in [6, 6.07) is 15.4. The second-order valence-corrected chi connectivity index (χ2v) is 5.58. The summed E-state index contributed by atoms with van der Waals surface area (Å²) in [6.45, 7) is 9.30. The van der Waals surface area contributed by atoms with Crippen molar-refractivity contribution in [3.8, 4) is 0 Å². The maximum atomic E-state index is 2.33. The van der Waals surface area contributed by atoms with Crippen LogP contribution in [-0.4, -0.2) is 0 Å². The third kappa shape index (κ3) is 2.36. The minimum atomic E-state index is 0.640. The molecule has 0 amide bonds. The Morgan fingerprint density at radius 1 is 0.706 bits per heavy atom. The SMILES string of the molecule is CC(C)C(c1cccc2ccccc12)C(C)C. The molecule has 0 atom stereocenters. The fraction of sp³-hybridized carbons (Fsp3) is 0.412. The van der Waals surface area contributed by atoms with Gasteiger partial charge in [0.05, 0.1) is 0 Å². The zero-order chi connectivity index (χ0) is 12.4. The summed E-state index contributed by atoms with van der Waals surface area (Å²) in [5.74, 6) is 2.00.